The van der Waals surface area contributed by atoms with Gasteiger partial charge in [0.25, 0.3) is 0 Å². The van der Waals surface area contributed by atoms with E-state index in [-0.39, 0.29) is 0 Å². The smallest absolute Gasteiger partial charge is 0.143 e. The number of thioether (sulfide) groups is 1. The molecule has 0 aliphatic heterocycles. The number of hydrogen-bond donors (Lipinski definition) is 0. The first-order chi connectivity index (χ1) is 6.57. The predicted molar refractivity (Wildman–Crippen MR) is 61.9 cm³/mol. The summed E-state index contributed by atoms with van der Waals surface area (Å²) in [6.07, 6.45) is 2.11. The Balaban J connectivity index is 3.06. The molecule has 1 aromatic heterocycles. The summed E-state index contributed by atoms with van der Waals surface area (Å²) in [4.78, 5) is 0. The molecule has 2 nitrogen and oxygen atoms in total. The molecule has 0 bridgehead atoms. The fourth-order valence-corrected chi connectivity index (χ4v) is 2.11. The molecule has 0 aromatic carbocycles. The highest BCUT2D eigenvalue weighted by Gasteiger charge is 2.19. The van der Waals surface area contributed by atoms with Crippen LogP contribution >= 0.6 is 11.8 Å². The zero-order valence-corrected chi connectivity index (χ0v) is 10.4. The maximum atomic E-state index is 5.41. The normalized spacial score (nSPS) is 11.6. The second kappa shape index (κ2) is 4.87. The van der Waals surface area contributed by atoms with E-state index in [9.17, 15) is 0 Å². The summed E-state index contributed by atoms with van der Waals surface area (Å²) in [5.41, 5.74) is 2.44. The van der Waals surface area contributed by atoms with Gasteiger partial charge in [-0.25, -0.2) is 0 Å². The second-order valence-corrected chi connectivity index (χ2v) is 5.02. The van der Waals surface area contributed by atoms with Crippen molar-refractivity contribution < 1.29 is 4.52 Å². The van der Waals surface area contributed by atoms with Crippen LogP contribution < -0.4 is 0 Å². The van der Waals surface area contributed by atoms with Gasteiger partial charge in [-0.05, 0) is 12.2 Å². The van der Waals surface area contributed by atoms with Gasteiger partial charge in [-0.2, -0.15) is 11.8 Å². The van der Waals surface area contributed by atoms with E-state index in [1.54, 1.807) is 0 Å². The van der Waals surface area contributed by atoms with E-state index in [2.05, 4.69) is 39.1 Å². The first kappa shape index (κ1) is 11.6. The van der Waals surface area contributed by atoms with Crippen LogP contribution in [0.1, 0.15) is 56.5 Å². The first-order valence-corrected chi connectivity index (χ1v) is 6.44. The van der Waals surface area contributed by atoms with Gasteiger partial charge in [0.2, 0.25) is 0 Å². The summed E-state index contributed by atoms with van der Waals surface area (Å²) >= 11 is 1.82. The summed E-state index contributed by atoms with van der Waals surface area (Å²) in [5.74, 6) is 2.94. The van der Waals surface area contributed by atoms with Gasteiger partial charge in [0.05, 0.1) is 5.69 Å². The largest absolute Gasteiger partial charge is 0.361 e. The van der Waals surface area contributed by atoms with Gasteiger partial charge in [0, 0.05) is 17.2 Å². The molecule has 14 heavy (non-hydrogen) atoms. The molecule has 0 aliphatic rings. The van der Waals surface area contributed by atoms with E-state index in [1.807, 2.05) is 11.8 Å². The molecule has 0 saturated carbocycles. The van der Waals surface area contributed by atoms with Crippen molar-refractivity contribution in [3.63, 3.8) is 0 Å². The van der Waals surface area contributed by atoms with Gasteiger partial charge in [-0.1, -0.05) is 32.9 Å². The Labute approximate surface area is 90.4 Å². The molecule has 0 aliphatic carbocycles. The van der Waals surface area contributed by atoms with Gasteiger partial charge in [0.15, 0.2) is 0 Å². The average molecular weight is 213 g/mol. The fraction of sp³-hybridized carbons (Fsp3) is 0.727. The van der Waals surface area contributed by atoms with Gasteiger partial charge in [-0.3, -0.25) is 0 Å². The molecule has 0 unspecified atom stereocenters. The van der Waals surface area contributed by atoms with E-state index >= 15 is 0 Å². The SMILES string of the molecule is CSCc1c(C(C)C)noc1C(C)C. The van der Waals surface area contributed by atoms with Crippen molar-refractivity contribution in [2.45, 2.75) is 45.3 Å². The number of aromatic nitrogens is 1. The molecule has 80 valence electrons. The van der Waals surface area contributed by atoms with Gasteiger partial charge in [0.1, 0.15) is 5.76 Å². The Kier molecular flexibility index (Phi) is 4.05. The minimum Gasteiger partial charge on any atom is -0.361 e. The minimum atomic E-state index is 0.428. The molecule has 0 amide bonds. The number of rotatable bonds is 4. The van der Waals surface area contributed by atoms with Gasteiger partial charge < -0.3 is 4.52 Å². The molecule has 0 spiro atoms. The molecule has 0 fully saturated rings. The Morgan fingerprint density at radius 2 is 1.86 bits per heavy atom. The first-order valence-electron chi connectivity index (χ1n) is 5.05. The molecule has 0 N–H and O–H groups in total. The van der Waals surface area contributed by atoms with Crippen LogP contribution in [0.5, 0.6) is 0 Å². The fourth-order valence-electron chi connectivity index (χ4n) is 1.53. The van der Waals surface area contributed by atoms with Crippen molar-refractivity contribution in [3.8, 4) is 0 Å². The van der Waals surface area contributed by atoms with Crippen LogP contribution in [0.25, 0.3) is 0 Å². The molecule has 0 radical (unpaired) electrons. The topological polar surface area (TPSA) is 26.0 Å². The van der Waals surface area contributed by atoms with E-state index in [1.165, 1.54) is 5.56 Å². The third-order valence-corrected chi connectivity index (χ3v) is 2.79. The van der Waals surface area contributed by atoms with Crippen LogP contribution in [-0.2, 0) is 5.75 Å². The van der Waals surface area contributed by atoms with E-state index < -0.39 is 0 Å². The van der Waals surface area contributed by atoms with Gasteiger partial charge in [-0.15, -0.1) is 0 Å². The average Bonchev–Trinajstić information content (AvgIpc) is 2.48. The third kappa shape index (κ3) is 2.32. The van der Waals surface area contributed by atoms with Crippen LogP contribution in [0.4, 0.5) is 0 Å². The van der Waals surface area contributed by atoms with Crippen LogP contribution in [-0.4, -0.2) is 11.4 Å². The quantitative estimate of drug-likeness (QED) is 0.761. The summed E-state index contributed by atoms with van der Waals surface area (Å²) in [6.45, 7) is 8.61. The molecule has 0 saturated heterocycles. The molecule has 0 atom stereocenters. The maximum absolute atomic E-state index is 5.41. The molecule has 1 aromatic rings. The zero-order valence-electron chi connectivity index (χ0n) is 9.63. The van der Waals surface area contributed by atoms with Crippen molar-refractivity contribution >= 4 is 11.8 Å². The Morgan fingerprint density at radius 1 is 1.21 bits per heavy atom. The standard InChI is InChI=1S/C11H19NOS/c1-7(2)10-9(6-14-5)11(8(3)4)13-12-10/h7-8H,6H2,1-5H3. The molecular weight excluding hydrogens is 194 g/mol. The highest BCUT2D eigenvalue weighted by Crippen LogP contribution is 2.29. The van der Waals surface area contributed by atoms with Crippen molar-refractivity contribution in [2.24, 2.45) is 0 Å². The molecule has 3 heteroatoms. The second-order valence-electron chi connectivity index (χ2n) is 4.15. The summed E-state index contributed by atoms with van der Waals surface area (Å²) in [6, 6.07) is 0. The van der Waals surface area contributed by atoms with E-state index in [0.29, 0.717) is 11.8 Å². The number of hydrogen-bond acceptors (Lipinski definition) is 3. The van der Waals surface area contributed by atoms with Gasteiger partial charge >= 0.3 is 0 Å². The van der Waals surface area contributed by atoms with Crippen LogP contribution in [0, 0.1) is 0 Å². The zero-order chi connectivity index (χ0) is 10.7. The van der Waals surface area contributed by atoms with E-state index in [4.69, 9.17) is 4.52 Å². The lowest BCUT2D eigenvalue weighted by Gasteiger charge is -2.06. The summed E-state index contributed by atoms with van der Waals surface area (Å²) in [5, 5.41) is 4.17. The van der Waals surface area contributed by atoms with Crippen LogP contribution in [0.15, 0.2) is 4.52 Å². The number of nitrogens with zero attached hydrogens (tertiary/aromatic N) is 1. The van der Waals surface area contributed by atoms with Crippen molar-refractivity contribution in [2.75, 3.05) is 6.26 Å². The highest BCUT2D eigenvalue weighted by atomic mass is 32.2. The monoisotopic (exact) mass is 213 g/mol. The molecule has 1 heterocycles. The third-order valence-electron chi connectivity index (χ3n) is 2.21. The highest BCUT2D eigenvalue weighted by molar-refractivity contribution is 7.97. The van der Waals surface area contributed by atoms with Crippen molar-refractivity contribution in [1.82, 2.24) is 5.16 Å². The van der Waals surface area contributed by atoms with Crippen LogP contribution in [0.2, 0.25) is 0 Å². The lowest BCUT2D eigenvalue weighted by molar-refractivity contribution is 0.363. The lowest BCUT2D eigenvalue weighted by atomic mass is 10.0. The Hall–Kier alpha value is -0.440. The molecular formula is C11H19NOS. The Bertz CT molecular complexity index is 266. The maximum Gasteiger partial charge on any atom is 0.143 e. The van der Waals surface area contributed by atoms with E-state index in [0.717, 1.165) is 17.2 Å². The lowest BCUT2D eigenvalue weighted by Crippen LogP contribution is -1.96. The van der Waals surface area contributed by atoms with Crippen molar-refractivity contribution in [1.29, 1.82) is 0 Å². The minimum absolute atomic E-state index is 0.428. The summed E-state index contributed by atoms with van der Waals surface area (Å²) in [7, 11) is 0. The van der Waals surface area contributed by atoms with Crippen LogP contribution in [0.3, 0.4) is 0 Å². The summed E-state index contributed by atoms with van der Waals surface area (Å²) < 4.78 is 5.41. The predicted octanol–water partition coefficient (Wildman–Crippen LogP) is 3.78. The van der Waals surface area contributed by atoms with Crippen molar-refractivity contribution in [3.05, 3.63) is 17.0 Å². The Morgan fingerprint density at radius 3 is 2.29 bits per heavy atom. The molecule has 1 rings (SSSR count).